The molecule has 148 valence electrons. The van der Waals surface area contributed by atoms with Crippen molar-refractivity contribution in [2.75, 3.05) is 38.1 Å². The zero-order chi connectivity index (χ0) is 19.5. The van der Waals surface area contributed by atoms with Crippen LogP contribution in [-0.4, -0.2) is 44.0 Å². The summed E-state index contributed by atoms with van der Waals surface area (Å²) in [6, 6.07) is 12.7. The summed E-state index contributed by atoms with van der Waals surface area (Å²) < 4.78 is 13.1. The topological polar surface area (TPSA) is 35.6 Å². The van der Waals surface area contributed by atoms with E-state index in [1.54, 1.807) is 0 Å². The average Bonchev–Trinajstić information content (AvgIpc) is 3.23. The molecular formula is C23H28FN3O. The lowest BCUT2D eigenvalue weighted by molar-refractivity contribution is 0.0938. The van der Waals surface area contributed by atoms with E-state index in [1.165, 1.54) is 60.3 Å². The van der Waals surface area contributed by atoms with Crippen molar-refractivity contribution >= 4 is 11.6 Å². The quantitative estimate of drug-likeness (QED) is 0.856. The summed E-state index contributed by atoms with van der Waals surface area (Å²) in [5.41, 5.74) is 4.50. The van der Waals surface area contributed by atoms with E-state index in [2.05, 4.69) is 40.4 Å². The molecule has 0 radical (unpaired) electrons. The van der Waals surface area contributed by atoms with Crippen molar-refractivity contribution in [1.29, 1.82) is 0 Å². The zero-order valence-corrected chi connectivity index (χ0v) is 16.5. The number of benzene rings is 2. The largest absolute Gasteiger partial charge is 0.374 e. The number of rotatable bonds is 5. The van der Waals surface area contributed by atoms with Crippen molar-refractivity contribution in [2.45, 2.75) is 31.7 Å². The number of amides is 1. The van der Waals surface area contributed by atoms with Crippen molar-refractivity contribution in [1.82, 2.24) is 10.2 Å². The molecule has 2 heterocycles. The van der Waals surface area contributed by atoms with Crippen LogP contribution in [0.15, 0.2) is 42.5 Å². The first-order valence-corrected chi connectivity index (χ1v) is 10.2. The first-order valence-electron chi connectivity index (χ1n) is 10.2. The van der Waals surface area contributed by atoms with E-state index in [0.717, 1.165) is 26.1 Å². The second-order valence-corrected chi connectivity index (χ2v) is 7.89. The molecule has 1 N–H and O–H groups in total. The van der Waals surface area contributed by atoms with Gasteiger partial charge in [-0.1, -0.05) is 12.1 Å². The van der Waals surface area contributed by atoms with Crippen molar-refractivity contribution in [2.24, 2.45) is 0 Å². The van der Waals surface area contributed by atoms with Crippen LogP contribution in [0.4, 0.5) is 10.1 Å². The normalized spacial score (nSPS) is 18.0. The van der Waals surface area contributed by atoms with E-state index in [1.807, 2.05) is 0 Å². The summed E-state index contributed by atoms with van der Waals surface area (Å²) in [7, 11) is 2.15. The van der Waals surface area contributed by atoms with Crippen LogP contribution in [0.3, 0.4) is 0 Å². The van der Waals surface area contributed by atoms with Crippen LogP contribution >= 0.6 is 0 Å². The number of hydrogen-bond donors (Lipinski definition) is 1. The number of nitrogens with zero attached hydrogens (tertiary/aromatic N) is 2. The fourth-order valence-electron chi connectivity index (χ4n) is 4.42. The lowest BCUT2D eigenvalue weighted by Crippen LogP contribution is -2.37. The number of carbonyl (C=O) groups excluding carboxylic acids is 1. The van der Waals surface area contributed by atoms with E-state index >= 15 is 0 Å². The van der Waals surface area contributed by atoms with E-state index in [-0.39, 0.29) is 17.8 Å². The number of likely N-dealkylation sites (tertiary alicyclic amines) is 1. The van der Waals surface area contributed by atoms with E-state index < -0.39 is 0 Å². The molecule has 2 aliphatic rings. The van der Waals surface area contributed by atoms with Gasteiger partial charge in [0.1, 0.15) is 5.82 Å². The number of halogens is 1. The lowest BCUT2D eigenvalue weighted by atomic mass is 9.96. The highest BCUT2D eigenvalue weighted by molar-refractivity contribution is 5.94. The molecule has 0 bridgehead atoms. The Kier molecular flexibility index (Phi) is 5.62. The molecule has 0 spiro atoms. The number of fused-ring (bicyclic) bond motifs is 1. The van der Waals surface area contributed by atoms with Crippen LogP contribution in [0.5, 0.6) is 0 Å². The molecule has 4 nitrogen and oxygen atoms in total. The Hall–Kier alpha value is -2.40. The molecule has 28 heavy (non-hydrogen) atoms. The predicted octanol–water partition coefficient (Wildman–Crippen LogP) is 3.78. The number of carbonyl (C=O) groups is 1. The fraction of sp³-hybridized carbons (Fsp3) is 0.435. The van der Waals surface area contributed by atoms with Crippen LogP contribution in [0.1, 0.15) is 46.8 Å². The molecule has 0 aliphatic carbocycles. The second kappa shape index (κ2) is 8.31. The van der Waals surface area contributed by atoms with E-state index in [9.17, 15) is 9.18 Å². The van der Waals surface area contributed by atoms with Crippen LogP contribution in [-0.2, 0) is 6.42 Å². The van der Waals surface area contributed by atoms with Gasteiger partial charge in [-0.25, -0.2) is 4.39 Å². The third-order valence-electron chi connectivity index (χ3n) is 5.98. The van der Waals surface area contributed by atoms with Crippen molar-refractivity contribution in [3.63, 3.8) is 0 Å². The molecule has 1 atom stereocenters. The minimum Gasteiger partial charge on any atom is -0.374 e. The molecule has 2 aromatic carbocycles. The van der Waals surface area contributed by atoms with Gasteiger partial charge in [-0.05, 0) is 80.2 Å². The fourth-order valence-corrected chi connectivity index (χ4v) is 4.42. The molecular weight excluding hydrogens is 353 g/mol. The van der Waals surface area contributed by atoms with E-state index in [4.69, 9.17) is 0 Å². The van der Waals surface area contributed by atoms with Gasteiger partial charge in [0.2, 0.25) is 0 Å². The number of hydrogen-bond acceptors (Lipinski definition) is 3. The Balaban J connectivity index is 1.52. The maximum absolute atomic E-state index is 13.1. The molecule has 2 aliphatic heterocycles. The molecule has 0 saturated carbocycles. The number of nitrogens with one attached hydrogen (secondary N) is 1. The van der Waals surface area contributed by atoms with Crippen molar-refractivity contribution in [3.05, 3.63) is 65.0 Å². The van der Waals surface area contributed by atoms with Gasteiger partial charge in [0.15, 0.2) is 0 Å². The molecule has 0 unspecified atom stereocenters. The first-order chi connectivity index (χ1) is 13.6. The second-order valence-electron chi connectivity index (χ2n) is 7.89. The maximum atomic E-state index is 13.1. The number of aryl methyl sites for hydroxylation is 1. The highest BCUT2D eigenvalue weighted by Gasteiger charge is 2.25. The minimum atomic E-state index is -0.328. The predicted molar refractivity (Wildman–Crippen MR) is 110 cm³/mol. The standard InChI is InChI=1S/C23H28FN3O/c1-26-12-4-5-18-15-19(8-11-21(18)26)22(27-13-2-3-14-27)16-25-23(28)17-6-9-20(24)10-7-17/h6-11,15,22H,2-5,12-14,16H2,1H3,(H,25,28)/t22-/m1/s1. The number of anilines is 1. The lowest BCUT2D eigenvalue weighted by Gasteiger charge is -2.32. The monoisotopic (exact) mass is 381 g/mol. The van der Waals surface area contributed by atoms with Crippen LogP contribution < -0.4 is 10.2 Å². The summed E-state index contributed by atoms with van der Waals surface area (Å²) in [4.78, 5) is 17.3. The summed E-state index contributed by atoms with van der Waals surface area (Å²) >= 11 is 0. The molecule has 4 rings (SSSR count). The Morgan fingerprint density at radius 2 is 1.82 bits per heavy atom. The Labute approximate surface area is 166 Å². The van der Waals surface area contributed by atoms with Gasteiger partial charge in [-0.15, -0.1) is 0 Å². The van der Waals surface area contributed by atoms with Crippen LogP contribution in [0, 0.1) is 5.82 Å². The summed E-state index contributed by atoms with van der Waals surface area (Å²) in [6.07, 6.45) is 4.71. The Morgan fingerprint density at radius 1 is 1.07 bits per heavy atom. The summed E-state index contributed by atoms with van der Waals surface area (Å²) in [5, 5.41) is 3.07. The highest BCUT2D eigenvalue weighted by atomic mass is 19.1. The van der Waals surface area contributed by atoms with Gasteiger partial charge >= 0.3 is 0 Å². The maximum Gasteiger partial charge on any atom is 0.251 e. The van der Waals surface area contributed by atoms with Gasteiger partial charge in [-0.2, -0.15) is 0 Å². The van der Waals surface area contributed by atoms with E-state index in [0.29, 0.717) is 12.1 Å². The Bertz CT molecular complexity index is 830. The minimum absolute atomic E-state index is 0.151. The van der Waals surface area contributed by atoms with Crippen molar-refractivity contribution in [3.8, 4) is 0 Å². The Morgan fingerprint density at radius 3 is 2.57 bits per heavy atom. The van der Waals surface area contributed by atoms with Crippen molar-refractivity contribution < 1.29 is 9.18 Å². The molecule has 0 aromatic heterocycles. The van der Waals surface area contributed by atoms with Gasteiger partial charge in [0, 0.05) is 31.4 Å². The summed E-state index contributed by atoms with van der Waals surface area (Å²) in [6.45, 7) is 3.79. The van der Waals surface area contributed by atoms with Gasteiger partial charge in [0.25, 0.3) is 5.91 Å². The van der Waals surface area contributed by atoms with Gasteiger partial charge in [0.05, 0.1) is 6.04 Å². The summed E-state index contributed by atoms with van der Waals surface area (Å²) in [5.74, 6) is -0.479. The molecule has 1 saturated heterocycles. The van der Waals surface area contributed by atoms with Crippen LogP contribution in [0.25, 0.3) is 0 Å². The van der Waals surface area contributed by atoms with Crippen LogP contribution in [0.2, 0.25) is 0 Å². The first kappa shape index (κ1) is 18.9. The van der Waals surface area contributed by atoms with Gasteiger partial charge < -0.3 is 10.2 Å². The molecule has 1 fully saturated rings. The smallest absolute Gasteiger partial charge is 0.251 e. The third-order valence-corrected chi connectivity index (χ3v) is 5.98. The van der Waals surface area contributed by atoms with Gasteiger partial charge in [-0.3, -0.25) is 9.69 Å². The third kappa shape index (κ3) is 4.04. The molecule has 1 amide bonds. The molecule has 5 heteroatoms. The SMILES string of the molecule is CN1CCCc2cc([C@@H](CNC(=O)c3ccc(F)cc3)N3CCCC3)ccc21. The molecule has 2 aromatic rings. The average molecular weight is 381 g/mol. The highest BCUT2D eigenvalue weighted by Crippen LogP contribution is 2.31. The zero-order valence-electron chi connectivity index (χ0n) is 16.5.